The number of hydrogen-bond acceptors (Lipinski definition) is 3. The zero-order chi connectivity index (χ0) is 23.7. The molecular formula is C29H38N4O. The lowest BCUT2D eigenvalue weighted by molar-refractivity contribution is -0.127. The Bertz CT molecular complexity index is 1140. The van der Waals surface area contributed by atoms with Crippen LogP contribution in [0.4, 0.5) is 5.95 Å². The fraction of sp³-hybridized carbons (Fsp3) is 0.517. The van der Waals surface area contributed by atoms with Gasteiger partial charge in [0.2, 0.25) is 11.9 Å². The molecule has 1 aromatic heterocycles. The summed E-state index contributed by atoms with van der Waals surface area (Å²) < 4.78 is 2.34. The molecule has 0 spiro atoms. The second kappa shape index (κ2) is 9.81. The Morgan fingerprint density at radius 3 is 2.62 bits per heavy atom. The third-order valence-corrected chi connectivity index (χ3v) is 8.24. The normalized spacial score (nSPS) is 23.9. The lowest BCUT2D eigenvalue weighted by Gasteiger charge is -2.37. The minimum atomic E-state index is 0.107. The molecule has 5 rings (SSSR count). The van der Waals surface area contributed by atoms with Gasteiger partial charge in [0.15, 0.2) is 0 Å². The number of aromatic nitrogens is 2. The number of piperidine rings is 1. The van der Waals surface area contributed by atoms with Gasteiger partial charge >= 0.3 is 0 Å². The smallest absolute Gasteiger partial charge is 0.223 e. The molecule has 0 bridgehead atoms. The minimum absolute atomic E-state index is 0.107. The first-order valence-corrected chi connectivity index (χ1v) is 13.1. The first kappa shape index (κ1) is 22.9. The number of amides is 1. The van der Waals surface area contributed by atoms with E-state index in [0.29, 0.717) is 17.9 Å². The Balaban J connectivity index is 1.29. The highest BCUT2D eigenvalue weighted by atomic mass is 16.2. The molecule has 1 amide bonds. The van der Waals surface area contributed by atoms with Gasteiger partial charge in [-0.05, 0) is 55.7 Å². The van der Waals surface area contributed by atoms with Crippen molar-refractivity contribution in [1.29, 1.82) is 0 Å². The monoisotopic (exact) mass is 458 g/mol. The molecule has 1 saturated heterocycles. The Hall–Kier alpha value is -2.82. The largest absolute Gasteiger partial charge is 0.353 e. The molecule has 0 radical (unpaired) electrons. The van der Waals surface area contributed by atoms with Crippen LogP contribution in [0.2, 0.25) is 0 Å². The topological polar surface area (TPSA) is 50.2 Å². The Kier molecular flexibility index (Phi) is 6.62. The van der Waals surface area contributed by atoms with Crippen LogP contribution in [0.3, 0.4) is 0 Å². The number of nitrogens with zero attached hydrogens (tertiary/aromatic N) is 3. The van der Waals surface area contributed by atoms with Crippen molar-refractivity contribution in [3.8, 4) is 0 Å². The summed E-state index contributed by atoms with van der Waals surface area (Å²) in [4.78, 5) is 20.5. The number of anilines is 1. The second-order valence-electron chi connectivity index (χ2n) is 10.6. The van der Waals surface area contributed by atoms with E-state index in [4.69, 9.17) is 4.98 Å². The average Bonchev–Trinajstić information content (AvgIpc) is 3.20. The number of carbonyl (C=O) groups is 1. The fourth-order valence-corrected chi connectivity index (χ4v) is 5.88. The van der Waals surface area contributed by atoms with Gasteiger partial charge in [0, 0.05) is 25.0 Å². The molecular weight excluding hydrogens is 420 g/mol. The summed E-state index contributed by atoms with van der Waals surface area (Å²) in [5.41, 5.74) is 4.76. The van der Waals surface area contributed by atoms with Gasteiger partial charge in [-0.2, -0.15) is 0 Å². The van der Waals surface area contributed by atoms with E-state index < -0.39 is 0 Å². The van der Waals surface area contributed by atoms with E-state index in [1.807, 2.05) is 0 Å². The van der Waals surface area contributed by atoms with Crippen LogP contribution in [0.15, 0.2) is 48.5 Å². The summed E-state index contributed by atoms with van der Waals surface area (Å²) in [7, 11) is 0. The molecule has 180 valence electrons. The summed E-state index contributed by atoms with van der Waals surface area (Å²) in [5, 5.41) is 3.42. The van der Waals surface area contributed by atoms with Gasteiger partial charge in [-0.1, -0.05) is 68.7 Å². The van der Waals surface area contributed by atoms with E-state index in [0.717, 1.165) is 50.4 Å². The van der Waals surface area contributed by atoms with Crippen LogP contribution in [0.1, 0.15) is 57.1 Å². The number of hydrogen-bond donors (Lipinski definition) is 1. The Labute approximate surface area is 203 Å². The fourth-order valence-electron chi connectivity index (χ4n) is 5.88. The summed E-state index contributed by atoms with van der Waals surface area (Å²) >= 11 is 0. The first-order valence-electron chi connectivity index (χ1n) is 13.1. The molecule has 1 N–H and O–H groups in total. The van der Waals surface area contributed by atoms with E-state index >= 15 is 0 Å². The van der Waals surface area contributed by atoms with Crippen molar-refractivity contribution in [2.24, 2.45) is 17.8 Å². The molecule has 3 atom stereocenters. The van der Waals surface area contributed by atoms with Gasteiger partial charge < -0.3 is 14.8 Å². The van der Waals surface area contributed by atoms with Crippen LogP contribution in [0, 0.1) is 24.7 Å². The third kappa shape index (κ3) is 4.70. The van der Waals surface area contributed by atoms with E-state index in [9.17, 15) is 4.79 Å². The standard InChI is InChI=1S/C29H38N4O/c1-20-8-6-10-23(18-20)19-33-27-13-5-4-11-26(27)31-29(33)32-16-14-24(15-17-32)28(34)30-25-12-7-9-21(2)22(25)3/h4-6,8,10-11,13,18,21-22,24-25H,7,9,12,14-17,19H2,1-3H3,(H,30,34)/t21-,22-,25-/m1/s1. The molecule has 2 heterocycles. The van der Waals surface area contributed by atoms with Crippen molar-refractivity contribution in [3.05, 3.63) is 59.7 Å². The summed E-state index contributed by atoms with van der Waals surface area (Å²) in [6.45, 7) is 9.30. The Morgan fingerprint density at radius 1 is 1.03 bits per heavy atom. The molecule has 0 unspecified atom stereocenters. The van der Waals surface area contributed by atoms with Crippen molar-refractivity contribution >= 4 is 22.9 Å². The van der Waals surface area contributed by atoms with Gasteiger partial charge in [0.1, 0.15) is 0 Å². The number of nitrogens with one attached hydrogen (secondary N) is 1. The summed E-state index contributed by atoms with van der Waals surface area (Å²) in [6.07, 6.45) is 5.41. The van der Waals surface area contributed by atoms with Crippen LogP contribution in [0.25, 0.3) is 11.0 Å². The quantitative estimate of drug-likeness (QED) is 0.545. The number of rotatable bonds is 5. The summed E-state index contributed by atoms with van der Waals surface area (Å²) in [6, 6.07) is 17.4. The van der Waals surface area contributed by atoms with Crippen molar-refractivity contribution in [2.75, 3.05) is 18.0 Å². The molecule has 1 aliphatic heterocycles. The molecule has 2 aromatic carbocycles. The molecule has 5 nitrogen and oxygen atoms in total. The number of fused-ring (bicyclic) bond motifs is 1. The van der Waals surface area contributed by atoms with E-state index in [1.165, 1.54) is 29.5 Å². The molecule has 5 heteroatoms. The highest BCUT2D eigenvalue weighted by Gasteiger charge is 2.32. The number of para-hydroxylation sites is 2. The lowest BCUT2D eigenvalue weighted by Crippen LogP contribution is -2.48. The predicted octanol–water partition coefficient (Wildman–Crippen LogP) is 5.55. The maximum atomic E-state index is 13.1. The Morgan fingerprint density at radius 2 is 1.82 bits per heavy atom. The van der Waals surface area contributed by atoms with Crippen molar-refractivity contribution in [3.63, 3.8) is 0 Å². The number of aryl methyl sites for hydroxylation is 1. The van der Waals surface area contributed by atoms with Crippen LogP contribution < -0.4 is 10.2 Å². The number of benzene rings is 2. The van der Waals surface area contributed by atoms with Gasteiger partial charge in [-0.3, -0.25) is 4.79 Å². The van der Waals surface area contributed by atoms with Gasteiger partial charge in [0.25, 0.3) is 0 Å². The van der Waals surface area contributed by atoms with Crippen LogP contribution in [0.5, 0.6) is 0 Å². The first-order chi connectivity index (χ1) is 16.5. The van der Waals surface area contributed by atoms with Gasteiger partial charge in [0.05, 0.1) is 17.6 Å². The van der Waals surface area contributed by atoms with Crippen molar-refractivity contribution in [1.82, 2.24) is 14.9 Å². The SMILES string of the molecule is Cc1cccc(Cn2c(N3CCC(C(=O)N[C@@H]4CCC[C@@H](C)[C@H]4C)CC3)nc3ccccc32)c1. The number of imidazole rings is 1. The molecule has 3 aromatic rings. The molecule has 1 saturated carbocycles. The minimum Gasteiger partial charge on any atom is -0.353 e. The highest BCUT2D eigenvalue weighted by Crippen LogP contribution is 2.31. The zero-order valence-corrected chi connectivity index (χ0v) is 20.8. The maximum absolute atomic E-state index is 13.1. The molecule has 2 fully saturated rings. The zero-order valence-electron chi connectivity index (χ0n) is 20.8. The molecule has 1 aliphatic carbocycles. The van der Waals surface area contributed by atoms with Crippen LogP contribution in [-0.4, -0.2) is 34.6 Å². The predicted molar refractivity (Wildman–Crippen MR) is 139 cm³/mol. The van der Waals surface area contributed by atoms with E-state index in [2.05, 4.69) is 84.1 Å². The second-order valence-corrected chi connectivity index (χ2v) is 10.6. The van der Waals surface area contributed by atoms with Crippen molar-refractivity contribution < 1.29 is 4.79 Å². The highest BCUT2D eigenvalue weighted by molar-refractivity contribution is 5.80. The third-order valence-electron chi connectivity index (χ3n) is 8.24. The number of carbonyl (C=O) groups excluding carboxylic acids is 1. The molecule has 2 aliphatic rings. The maximum Gasteiger partial charge on any atom is 0.223 e. The average molecular weight is 459 g/mol. The summed E-state index contributed by atoms with van der Waals surface area (Å²) in [5.74, 6) is 2.66. The van der Waals surface area contributed by atoms with E-state index in [1.54, 1.807) is 0 Å². The van der Waals surface area contributed by atoms with Crippen LogP contribution >= 0.6 is 0 Å². The van der Waals surface area contributed by atoms with E-state index in [-0.39, 0.29) is 11.8 Å². The van der Waals surface area contributed by atoms with Crippen molar-refractivity contribution in [2.45, 2.75) is 65.5 Å². The molecule has 34 heavy (non-hydrogen) atoms. The lowest BCUT2D eigenvalue weighted by atomic mass is 9.78. The van der Waals surface area contributed by atoms with Gasteiger partial charge in [-0.15, -0.1) is 0 Å². The van der Waals surface area contributed by atoms with Crippen LogP contribution in [-0.2, 0) is 11.3 Å². The van der Waals surface area contributed by atoms with Gasteiger partial charge in [-0.25, -0.2) is 4.98 Å².